The molecule has 0 heterocycles. The largest absolute Gasteiger partial charge is 0.492 e. The van der Waals surface area contributed by atoms with Crippen LogP contribution in [0.3, 0.4) is 0 Å². The lowest BCUT2D eigenvalue weighted by atomic mass is 10.2. The van der Waals surface area contributed by atoms with E-state index in [2.05, 4.69) is 0 Å². The summed E-state index contributed by atoms with van der Waals surface area (Å²) < 4.78 is 54.9. The molecule has 0 aliphatic carbocycles. The van der Waals surface area contributed by atoms with Crippen molar-refractivity contribution in [3.63, 3.8) is 0 Å². The van der Waals surface area contributed by atoms with Gasteiger partial charge in [-0.2, -0.15) is 8.78 Å². The third kappa shape index (κ3) is 4.11. The van der Waals surface area contributed by atoms with Gasteiger partial charge >= 0.3 is 12.3 Å². The molecule has 1 amide bonds. The number of carbonyl (C=O) groups excluding carboxylic acids is 1. The van der Waals surface area contributed by atoms with Crippen molar-refractivity contribution >= 4 is 5.91 Å². The maximum absolute atomic E-state index is 12.8. The van der Waals surface area contributed by atoms with Crippen LogP contribution in [0.5, 0.6) is 5.75 Å². The second-order valence-electron chi connectivity index (χ2n) is 4.32. The van der Waals surface area contributed by atoms with E-state index in [1.807, 2.05) is 13.0 Å². The van der Waals surface area contributed by atoms with Crippen LogP contribution in [0.2, 0.25) is 0 Å². The summed E-state index contributed by atoms with van der Waals surface area (Å²) in [6.45, 7) is 1.58. The number of amides is 1. The molecule has 0 unspecified atom stereocenters. The molecule has 0 N–H and O–H groups in total. The Morgan fingerprint density at radius 1 is 1.40 bits per heavy atom. The topological polar surface area (TPSA) is 29.5 Å². The van der Waals surface area contributed by atoms with Crippen molar-refractivity contribution in [2.24, 2.45) is 0 Å². The van der Waals surface area contributed by atoms with Crippen LogP contribution in [0.25, 0.3) is 0 Å². The molecule has 0 fully saturated rings. The monoisotopic (exact) mass is 293 g/mol. The van der Waals surface area contributed by atoms with Crippen molar-refractivity contribution in [2.45, 2.75) is 19.3 Å². The SMILES string of the molecule is Cc1cccc(OCCN(C)C(=O)C(F)(F)C(F)F)c1. The van der Waals surface area contributed by atoms with Crippen molar-refractivity contribution in [1.82, 2.24) is 4.90 Å². The fourth-order valence-corrected chi connectivity index (χ4v) is 1.45. The molecule has 0 bridgehead atoms. The second-order valence-corrected chi connectivity index (χ2v) is 4.32. The van der Waals surface area contributed by atoms with Gasteiger partial charge in [0.05, 0.1) is 6.54 Å². The van der Waals surface area contributed by atoms with E-state index < -0.39 is 18.3 Å². The fraction of sp³-hybridized carbons (Fsp3) is 0.462. The number of benzene rings is 1. The lowest BCUT2D eigenvalue weighted by molar-refractivity contribution is -0.179. The molecule has 0 atom stereocenters. The number of alkyl halides is 4. The van der Waals surface area contributed by atoms with Crippen LogP contribution < -0.4 is 4.74 Å². The number of rotatable bonds is 6. The zero-order chi connectivity index (χ0) is 15.3. The zero-order valence-electron chi connectivity index (χ0n) is 11.1. The Balaban J connectivity index is 2.48. The molecule has 0 radical (unpaired) electrons. The maximum Gasteiger partial charge on any atom is 0.383 e. The Hall–Kier alpha value is -1.79. The second kappa shape index (κ2) is 6.58. The summed E-state index contributed by atoms with van der Waals surface area (Å²) in [5.74, 6) is -6.07. The Labute approximate surface area is 114 Å². The van der Waals surface area contributed by atoms with Crippen molar-refractivity contribution < 1.29 is 27.1 Å². The van der Waals surface area contributed by atoms with E-state index in [1.165, 1.54) is 0 Å². The Kier molecular flexibility index (Phi) is 5.35. The smallest absolute Gasteiger partial charge is 0.383 e. The quantitative estimate of drug-likeness (QED) is 0.755. The number of ether oxygens (including phenoxy) is 1. The number of carbonyl (C=O) groups is 1. The third-order valence-corrected chi connectivity index (χ3v) is 2.59. The number of halogens is 4. The molecule has 112 valence electrons. The van der Waals surface area contributed by atoms with E-state index in [0.717, 1.165) is 12.6 Å². The average Bonchev–Trinajstić information content (AvgIpc) is 2.37. The lowest BCUT2D eigenvalue weighted by Crippen LogP contribution is -2.47. The standard InChI is InChI=1S/C13H15F4NO2/c1-9-4-3-5-10(8-9)20-7-6-18(2)12(19)13(16,17)11(14)15/h3-5,8,11H,6-7H2,1-2H3. The molecule has 0 spiro atoms. The van der Waals surface area contributed by atoms with Crippen LogP contribution in [0.1, 0.15) is 5.56 Å². The van der Waals surface area contributed by atoms with Crippen LogP contribution in [0.15, 0.2) is 24.3 Å². The molecule has 0 aliphatic heterocycles. The van der Waals surface area contributed by atoms with E-state index in [9.17, 15) is 22.4 Å². The van der Waals surface area contributed by atoms with Crippen molar-refractivity contribution in [2.75, 3.05) is 20.2 Å². The van der Waals surface area contributed by atoms with Gasteiger partial charge in [-0.15, -0.1) is 0 Å². The number of likely N-dealkylation sites (N-methyl/N-ethyl adjacent to an activating group) is 1. The van der Waals surface area contributed by atoms with Crippen LogP contribution in [-0.2, 0) is 4.79 Å². The van der Waals surface area contributed by atoms with E-state index >= 15 is 0 Å². The number of nitrogens with zero attached hydrogens (tertiary/aromatic N) is 1. The van der Waals surface area contributed by atoms with Gasteiger partial charge in [-0.25, -0.2) is 8.78 Å². The van der Waals surface area contributed by atoms with Crippen molar-refractivity contribution in [3.05, 3.63) is 29.8 Å². The predicted molar refractivity (Wildman–Crippen MR) is 65.3 cm³/mol. The lowest BCUT2D eigenvalue weighted by Gasteiger charge is -2.22. The van der Waals surface area contributed by atoms with Gasteiger partial charge in [-0.3, -0.25) is 4.79 Å². The van der Waals surface area contributed by atoms with Gasteiger partial charge in [-0.05, 0) is 24.6 Å². The highest BCUT2D eigenvalue weighted by Crippen LogP contribution is 2.24. The highest BCUT2D eigenvalue weighted by atomic mass is 19.3. The zero-order valence-corrected chi connectivity index (χ0v) is 11.1. The summed E-state index contributed by atoms with van der Waals surface area (Å²) in [7, 11) is 1.03. The first-order valence-electron chi connectivity index (χ1n) is 5.86. The molecule has 0 saturated heterocycles. The third-order valence-electron chi connectivity index (χ3n) is 2.59. The van der Waals surface area contributed by atoms with Gasteiger partial charge in [0.15, 0.2) is 0 Å². The minimum atomic E-state index is -4.67. The Morgan fingerprint density at radius 2 is 2.05 bits per heavy atom. The fourth-order valence-electron chi connectivity index (χ4n) is 1.45. The number of aryl methyl sites for hydroxylation is 1. The van der Waals surface area contributed by atoms with Crippen LogP contribution >= 0.6 is 0 Å². The van der Waals surface area contributed by atoms with Gasteiger partial charge in [0.2, 0.25) is 0 Å². The van der Waals surface area contributed by atoms with Crippen molar-refractivity contribution in [1.29, 1.82) is 0 Å². The van der Waals surface area contributed by atoms with Gasteiger partial charge in [0, 0.05) is 7.05 Å². The molecular weight excluding hydrogens is 278 g/mol. The number of hydrogen-bond donors (Lipinski definition) is 0. The summed E-state index contributed by atoms with van der Waals surface area (Å²) in [5.41, 5.74) is 0.955. The van der Waals surface area contributed by atoms with E-state index in [1.54, 1.807) is 18.2 Å². The Morgan fingerprint density at radius 3 is 2.60 bits per heavy atom. The van der Waals surface area contributed by atoms with Gasteiger partial charge < -0.3 is 9.64 Å². The summed E-state index contributed by atoms with van der Waals surface area (Å²) in [5, 5.41) is 0. The van der Waals surface area contributed by atoms with Crippen molar-refractivity contribution in [3.8, 4) is 5.75 Å². The molecule has 1 rings (SSSR count). The van der Waals surface area contributed by atoms with E-state index in [-0.39, 0.29) is 13.2 Å². The van der Waals surface area contributed by atoms with Crippen LogP contribution in [-0.4, -0.2) is 43.4 Å². The molecule has 1 aromatic carbocycles. The highest BCUT2D eigenvalue weighted by Gasteiger charge is 2.50. The summed E-state index contributed by atoms with van der Waals surface area (Å²) in [6.07, 6.45) is -4.02. The molecule has 7 heteroatoms. The molecule has 0 saturated carbocycles. The first-order chi connectivity index (χ1) is 9.25. The molecule has 3 nitrogen and oxygen atoms in total. The van der Waals surface area contributed by atoms with E-state index in [0.29, 0.717) is 10.6 Å². The first kappa shape index (κ1) is 16.3. The first-order valence-corrected chi connectivity index (χ1v) is 5.86. The highest BCUT2D eigenvalue weighted by molar-refractivity contribution is 5.83. The number of hydrogen-bond acceptors (Lipinski definition) is 2. The molecule has 20 heavy (non-hydrogen) atoms. The predicted octanol–water partition coefficient (Wildman–Crippen LogP) is 2.73. The average molecular weight is 293 g/mol. The van der Waals surface area contributed by atoms with E-state index in [4.69, 9.17) is 4.74 Å². The Bertz CT molecular complexity index is 465. The summed E-state index contributed by atoms with van der Waals surface area (Å²) in [4.78, 5) is 11.7. The maximum atomic E-state index is 12.8. The van der Waals surface area contributed by atoms with Gasteiger partial charge in [-0.1, -0.05) is 12.1 Å². The van der Waals surface area contributed by atoms with Crippen LogP contribution in [0.4, 0.5) is 17.6 Å². The summed E-state index contributed by atoms with van der Waals surface area (Å²) in [6, 6.07) is 7.01. The van der Waals surface area contributed by atoms with Crippen LogP contribution in [0, 0.1) is 6.92 Å². The normalized spacial score (nSPS) is 11.6. The summed E-state index contributed by atoms with van der Waals surface area (Å²) >= 11 is 0. The minimum Gasteiger partial charge on any atom is -0.492 e. The molecular formula is C13H15F4NO2. The molecule has 0 aliphatic rings. The minimum absolute atomic E-state index is 0.0645. The molecule has 1 aromatic rings. The van der Waals surface area contributed by atoms with Gasteiger partial charge in [0.1, 0.15) is 12.4 Å². The molecule has 0 aromatic heterocycles. The van der Waals surface area contributed by atoms with Gasteiger partial charge in [0.25, 0.3) is 5.91 Å².